The van der Waals surface area contributed by atoms with E-state index in [1.807, 2.05) is 11.8 Å². The molecule has 6 heteroatoms. The number of hydrogen-bond donors (Lipinski definition) is 2. The monoisotopic (exact) mass is 294 g/mol. The molecule has 21 heavy (non-hydrogen) atoms. The summed E-state index contributed by atoms with van der Waals surface area (Å²) in [6.45, 7) is 3.25. The molecule has 0 aliphatic rings. The van der Waals surface area contributed by atoms with E-state index in [2.05, 4.69) is 5.32 Å². The van der Waals surface area contributed by atoms with Crippen LogP contribution in [0.15, 0.2) is 24.3 Å². The van der Waals surface area contributed by atoms with E-state index in [1.165, 1.54) is 0 Å². The maximum atomic E-state index is 12.0. The van der Waals surface area contributed by atoms with Gasteiger partial charge in [-0.2, -0.15) is 0 Å². The summed E-state index contributed by atoms with van der Waals surface area (Å²) in [4.78, 5) is 24.4. The van der Waals surface area contributed by atoms with Gasteiger partial charge in [-0.1, -0.05) is 6.92 Å². The lowest BCUT2D eigenvalue weighted by molar-refractivity contribution is -0.137. The molecule has 1 aromatic carbocycles. The molecule has 0 fully saturated rings. The van der Waals surface area contributed by atoms with Gasteiger partial charge in [-0.05, 0) is 37.2 Å². The Balaban J connectivity index is 2.49. The zero-order valence-electron chi connectivity index (χ0n) is 12.5. The minimum Gasteiger partial charge on any atom is -0.497 e. The van der Waals surface area contributed by atoms with Crippen LogP contribution in [0.4, 0.5) is 5.69 Å². The number of carbonyl (C=O) groups is 2. The minimum absolute atomic E-state index is 0.0375. The average molecular weight is 294 g/mol. The topological polar surface area (TPSA) is 78.9 Å². The summed E-state index contributed by atoms with van der Waals surface area (Å²) in [7, 11) is 1.58. The van der Waals surface area contributed by atoms with Gasteiger partial charge in [-0.3, -0.25) is 14.5 Å². The third-order valence-corrected chi connectivity index (χ3v) is 2.92. The van der Waals surface area contributed by atoms with Crippen molar-refractivity contribution in [3.05, 3.63) is 24.3 Å². The van der Waals surface area contributed by atoms with Gasteiger partial charge in [0.2, 0.25) is 5.91 Å². The summed E-state index contributed by atoms with van der Waals surface area (Å²) < 4.78 is 5.05. The molecule has 0 aromatic heterocycles. The number of aliphatic carboxylic acids is 1. The Morgan fingerprint density at radius 2 is 1.90 bits per heavy atom. The van der Waals surface area contributed by atoms with Gasteiger partial charge in [0.15, 0.2) is 0 Å². The Labute approximate surface area is 124 Å². The number of nitrogens with one attached hydrogen (secondary N) is 1. The summed E-state index contributed by atoms with van der Waals surface area (Å²) in [5.74, 6) is -0.285. The highest BCUT2D eigenvalue weighted by atomic mass is 16.5. The van der Waals surface area contributed by atoms with Gasteiger partial charge in [0.05, 0.1) is 20.1 Å². The first kappa shape index (κ1) is 17.0. The van der Waals surface area contributed by atoms with Gasteiger partial charge < -0.3 is 15.2 Å². The number of ether oxygens (including phenoxy) is 1. The smallest absolute Gasteiger partial charge is 0.304 e. The first-order valence-electron chi connectivity index (χ1n) is 6.93. The normalized spacial score (nSPS) is 10.4. The number of carboxylic acid groups (broad SMARTS) is 1. The summed E-state index contributed by atoms with van der Waals surface area (Å²) in [6, 6.07) is 7.06. The maximum Gasteiger partial charge on any atom is 0.304 e. The highest BCUT2D eigenvalue weighted by Crippen LogP contribution is 2.14. The number of carbonyl (C=O) groups excluding carboxylic acids is 1. The summed E-state index contributed by atoms with van der Waals surface area (Å²) in [5.41, 5.74) is 0.690. The second kappa shape index (κ2) is 8.97. The Hall–Kier alpha value is -2.08. The highest BCUT2D eigenvalue weighted by Gasteiger charge is 2.11. The molecule has 116 valence electrons. The molecule has 0 atom stereocenters. The van der Waals surface area contributed by atoms with Crippen LogP contribution in [0.2, 0.25) is 0 Å². The van der Waals surface area contributed by atoms with E-state index in [0.29, 0.717) is 18.8 Å². The molecule has 1 aromatic rings. The maximum absolute atomic E-state index is 12.0. The lowest BCUT2D eigenvalue weighted by Gasteiger charge is -2.20. The van der Waals surface area contributed by atoms with Gasteiger partial charge >= 0.3 is 5.97 Å². The fourth-order valence-electron chi connectivity index (χ4n) is 1.92. The van der Waals surface area contributed by atoms with Crippen molar-refractivity contribution in [2.24, 2.45) is 0 Å². The van der Waals surface area contributed by atoms with Gasteiger partial charge in [-0.25, -0.2) is 0 Å². The fourth-order valence-corrected chi connectivity index (χ4v) is 1.92. The number of anilines is 1. The third kappa shape index (κ3) is 6.76. The zero-order valence-corrected chi connectivity index (χ0v) is 12.5. The largest absolute Gasteiger partial charge is 0.497 e. The molecule has 1 rings (SSSR count). The lowest BCUT2D eigenvalue weighted by Crippen LogP contribution is -2.35. The predicted octanol–water partition coefficient (Wildman–Crippen LogP) is 1.82. The molecule has 0 radical (unpaired) electrons. The average Bonchev–Trinajstić information content (AvgIpc) is 2.45. The molecule has 0 aliphatic carbocycles. The first-order valence-corrected chi connectivity index (χ1v) is 6.93. The van der Waals surface area contributed by atoms with E-state index in [-0.39, 0.29) is 18.9 Å². The van der Waals surface area contributed by atoms with Crippen molar-refractivity contribution in [1.29, 1.82) is 0 Å². The van der Waals surface area contributed by atoms with Crippen LogP contribution in [0.3, 0.4) is 0 Å². The number of carboxylic acids is 1. The summed E-state index contributed by atoms with van der Waals surface area (Å²) >= 11 is 0. The Morgan fingerprint density at radius 1 is 1.24 bits per heavy atom. The fraction of sp³-hybridized carbons (Fsp3) is 0.467. The molecule has 6 nitrogen and oxygen atoms in total. The van der Waals surface area contributed by atoms with Crippen molar-refractivity contribution in [3.63, 3.8) is 0 Å². The Morgan fingerprint density at radius 3 is 2.43 bits per heavy atom. The predicted molar refractivity (Wildman–Crippen MR) is 80.6 cm³/mol. The number of hydrogen-bond acceptors (Lipinski definition) is 4. The molecular weight excluding hydrogens is 272 g/mol. The van der Waals surface area contributed by atoms with Crippen molar-refractivity contribution < 1.29 is 19.4 Å². The van der Waals surface area contributed by atoms with Gasteiger partial charge in [0.1, 0.15) is 5.75 Å². The molecule has 0 aliphatic heterocycles. The van der Waals surface area contributed by atoms with E-state index in [4.69, 9.17) is 9.84 Å². The van der Waals surface area contributed by atoms with Crippen molar-refractivity contribution in [2.45, 2.75) is 19.8 Å². The molecule has 0 spiro atoms. The number of amides is 1. The second-order valence-corrected chi connectivity index (χ2v) is 4.70. The van der Waals surface area contributed by atoms with Crippen LogP contribution in [-0.4, -0.2) is 48.6 Å². The molecule has 2 N–H and O–H groups in total. The van der Waals surface area contributed by atoms with Crippen LogP contribution in [0.1, 0.15) is 19.8 Å². The van der Waals surface area contributed by atoms with Crippen LogP contribution >= 0.6 is 0 Å². The zero-order chi connectivity index (χ0) is 15.7. The van der Waals surface area contributed by atoms with Crippen LogP contribution in [0, 0.1) is 0 Å². The Bertz CT molecular complexity index is 459. The number of rotatable bonds is 9. The molecule has 0 bridgehead atoms. The van der Waals surface area contributed by atoms with E-state index in [9.17, 15) is 9.59 Å². The van der Waals surface area contributed by atoms with Gasteiger partial charge in [0, 0.05) is 12.2 Å². The van der Waals surface area contributed by atoms with Crippen LogP contribution in [-0.2, 0) is 9.59 Å². The van der Waals surface area contributed by atoms with E-state index < -0.39 is 5.97 Å². The van der Waals surface area contributed by atoms with Crippen molar-refractivity contribution in [1.82, 2.24) is 4.90 Å². The first-order chi connectivity index (χ1) is 10.0. The summed E-state index contributed by atoms with van der Waals surface area (Å²) in [5, 5.41) is 11.5. The number of methoxy groups -OCH3 is 1. The SMILES string of the molecule is CCCN(CCC(=O)O)CC(=O)Nc1ccc(OC)cc1. The van der Waals surface area contributed by atoms with Crippen LogP contribution in [0.25, 0.3) is 0 Å². The van der Waals surface area contributed by atoms with E-state index >= 15 is 0 Å². The Kier molecular flexibility index (Phi) is 7.25. The number of benzene rings is 1. The van der Waals surface area contributed by atoms with Gasteiger partial charge in [0.25, 0.3) is 0 Å². The molecular formula is C15H22N2O4. The summed E-state index contributed by atoms with van der Waals surface area (Å²) in [6.07, 6.45) is 0.908. The third-order valence-electron chi connectivity index (χ3n) is 2.92. The van der Waals surface area contributed by atoms with Crippen molar-refractivity contribution in [2.75, 3.05) is 32.1 Å². The molecule has 0 saturated heterocycles. The molecule has 0 heterocycles. The standard InChI is InChI=1S/C15H22N2O4/c1-3-9-17(10-8-15(19)20)11-14(18)16-12-4-6-13(21-2)7-5-12/h4-7H,3,8-11H2,1-2H3,(H,16,18)(H,19,20). The minimum atomic E-state index is -0.855. The second-order valence-electron chi connectivity index (χ2n) is 4.70. The number of nitrogens with zero attached hydrogens (tertiary/aromatic N) is 1. The van der Waals surface area contributed by atoms with Crippen LogP contribution in [0.5, 0.6) is 5.75 Å². The highest BCUT2D eigenvalue weighted by molar-refractivity contribution is 5.92. The molecule has 0 unspecified atom stereocenters. The van der Waals surface area contributed by atoms with E-state index in [0.717, 1.165) is 12.2 Å². The van der Waals surface area contributed by atoms with Crippen LogP contribution < -0.4 is 10.1 Å². The lowest BCUT2D eigenvalue weighted by atomic mass is 10.3. The quantitative estimate of drug-likeness (QED) is 0.726. The molecule has 1 amide bonds. The van der Waals surface area contributed by atoms with E-state index in [1.54, 1.807) is 31.4 Å². The van der Waals surface area contributed by atoms with Crippen molar-refractivity contribution >= 4 is 17.6 Å². The molecule has 0 saturated carbocycles. The van der Waals surface area contributed by atoms with Crippen molar-refractivity contribution in [3.8, 4) is 5.75 Å². The van der Waals surface area contributed by atoms with Gasteiger partial charge in [-0.15, -0.1) is 0 Å².